The summed E-state index contributed by atoms with van der Waals surface area (Å²) in [6, 6.07) is 0. The van der Waals surface area contributed by atoms with Gasteiger partial charge in [-0.05, 0) is 26.4 Å². The van der Waals surface area contributed by atoms with Crippen LogP contribution in [0.1, 0.15) is 19.8 Å². The van der Waals surface area contributed by atoms with Gasteiger partial charge in [0.05, 0.1) is 5.92 Å². The zero-order valence-electron chi connectivity index (χ0n) is 6.86. The molecule has 0 aromatic heterocycles. The summed E-state index contributed by atoms with van der Waals surface area (Å²) in [5.74, 6) is -0.856. The summed E-state index contributed by atoms with van der Waals surface area (Å²) in [4.78, 5) is 10.4. The number of nitrogens with one attached hydrogen (secondary N) is 1. The Morgan fingerprint density at radius 1 is 1.64 bits per heavy atom. The quantitative estimate of drug-likeness (QED) is 0.719. The van der Waals surface area contributed by atoms with Crippen molar-refractivity contribution in [2.45, 2.75) is 19.8 Å². The first-order chi connectivity index (χ1) is 4.72. The Morgan fingerprint density at radius 2 is 2.18 bits per heavy atom. The second-order valence-electron chi connectivity index (χ2n) is 2.34. The molecule has 0 fully saturated rings. The van der Waals surface area contributed by atoms with Crippen LogP contribution in [0.5, 0.6) is 0 Å². The molecule has 0 saturated heterocycles. The first-order valence-electron chi connectivity index (χ1n) is 3.59. The number of carboxylic acid groups (broad SMARTS) is 1. The number of carbonyl (C=O) groups is 1. The molecular weight excluding hydrogens is 382 g/mol. The average Bonchev–Trinajstić information content (AvgIpc) is 1.89. The van der Waals surface area contributed by atoms with Crippen molar-refractivity contribution >= 4 is 5.97 Å². The predicted molar refractivity (Wildman–Crippen MR) is 40.0 cm³/mol. The number of hydrogen-bond donors (Lipinski definition) is 2. The van der Waals surface area contributed by atoms with Crippen molar-refractivity contribution in [1.82, 2.24) is 5.32 Å². The van der Waals surface area contributed by atoms with E-state index >= 15 is 0 Å². The Bertz CT molecular complexity index is 109. The molecule has 1 radical (unpaired) electrons. The molecule has 0 aliphatic heterocycles. The Balaban J connectivity index is 0. The first-order valence-corrected chi connectivity index (χ1v) is 3.59. The van der Waals surface area contributed by atoms with Gasteiger partial charge in [-0.25, -0.2) is 0 Å². The summed E-state index contributed by atoms with van der Waals surface area (Å²) in [6.07, 6.45) is 1.44. The molecule has 4 heteroatoms. The van der Waals surface area contributed by atoms with Gasteiger partial charge in [0.1, 0.15) is 0 Å². The third-order valence-electron chi connectivity index (χ3n) is 1.58. The van der Waals surface area contributed by atoms with Crippen LogP contribution < -0.4 is 5.32 Å². The fraction of sp³-hybridized carbons (Fsp3) is 0.857. The maximum absolute atomic E-state index is 10.4. The van der Waals surface area contributed by atoms with E-state index in [0.29, 0.717) is 0 Å². The molecule has 0 aliphatic rings. The maximum atomic E-state index is 10.4. The third kappa shape index (κ3) is 4.90. The Kier molecular flexibility index (Phi) is 7.23. The Labute approximate surface area is 61.4 Å². The molecule has 0 spiro atoms. The van der Waals surface area contributed by atoms with E-state index in [4.69, 9.17) is 5.11 Å². The molecule has 3 nitrogen and oxygen atoms in total. The zero-order chi connectivity index (χ0) is 7.98. The van der Waals surface area contributed by atoms with Gasteiger partial charge >= 0.3 is 5.97 Å². The van der Waals surface area contributed by atoms with Gasteiger partial charge < -0.3 is 10.4 Å². The molecule has 0 bridgehead atoms. The first kappa shape index (κ1) is 12.1. The minimum absolute atomic E-state index is 0. The maximum Gasteiger partial charge on any atom is 0.306 e. The summed E-state index contributed by atoms with van der Waals surface area (Å²) < 4.78 is 0. The SMILES string of the molecule is CCC(CCNC)C(=O)O.[Es]. The van der Waals surface area contributed by atoms with Crippen LogP contribution in [0.4, 0.5) is 0 Å². The van der Waals surface area contributed by atoms with E-state index in [1.165, 1.54) is 0 Å². The van der Waals surface area contributed by atoms with E-state index in [1.54, 1.807) is 0 Å². The van der Waals surface area contributed by atoms with E-state index < -0.39 is 5.97 Å². The molecule has 1 unspecified atom stereocenters. The minimum Gasteiger partial charge on any atom is -0.481 e. The second-order valence-corrected chi connectivity index (χ2v) is 2.34. The molecule has 0 amide bonds. The summed E-state index contributed by atoms with van der Waals surface area (Å²) in [5, 5.41) is 11.5. The summed E-state index contributed by atoms with van der Waals surface area (Å²) in [6.45, 7) is 2.68. The summed E-state index contributed by atoms with van der Waals surface area (Å²) in [5.41, 5.74) is 0. The molecule has 11 heavy (non-hydrogen) atoms. The molecule has 0 rings (SSSR count). The van der Waals surface area contributed by atoms with Gasteiger partial charge in [-0.2, -0.15) is 0 Å². The zero-order valence-corrected chi connectivity index (χ0v) is 9.37. The molecule has 0 aromatic rings. The van der Waals surface area contributed by atoms with Crippen molar-refractivity contribution in [1.29, 1.82) is 0 Å². The van der Waals surface area contributed by atoms with Crippen molar-refractivity contribution in [2.24, 2.45) is 5.92 Å². The van der Waals surface area contributed by atoms with Crippen LogP contribution >= 0.6 is 0 Å². The van der Waals surface area contributed by atoms with Crippen LogP contribution in [-0.2, 0) is 4.79 Å². The number of carboxylic acids is 1. The van der Waals surface area contributed by atoms with Crippen LogP contribution in [0.25, 0.3) is 0 Å². The Morgan fingerprint density at radius 3 is 2.45 bits per heavy atom. The van der Waals surface area contributed by atoms with Crippen molar-refractivity contribution in [3.05, 3.63) is 0 Å². The molecule has 0 saturated carbocycles. The van der Waals surface area contributed by atoms with Crippen molar-refractivity contribution in [2.75, 3.05) is 13.6 Å². The van der Waals surface area contributed by atoms with E-state index in [2.05, 4.69) is 5.32 Å². The van der Waals surface area contributed by atoms with Crippen molar-refractivity contribution in [3.8, 4) is 0 Å². The van der Waals surface area contributed by atoms with Gasteiger partial charge in [-0.1, -0.05) is 6.92 Å². The minimum atomic E-state index is -0.683. The topological polar surface area (TPSA) is 49.3 Å². The predicted octanol–water partition coefficient (Wildman–Crippen LogP) is 0.707. The third-order valence-corrected chi connectivity index (χ3v) is 1.58. The molecular formula is C7H15EsNO2. The van der Waals surface area contributed by atoms with Crippen molar-refractivity contribution in [3.63, 3.8) is 0 Å². The van der Waals surface area contributed by atoms with Gasteiger partial charge in [-0.15, -0.1) is 0 Å². The normalized spacial score (nSPS) is 11.8. The molecule has 0 aromatic carbocycles. The summed E-state index contributed by atoms with van der Waals surface area (Å²) >= 11 is 0. The molecule has 0 heterocycles. The van der Waals surface area contributed by atoms with Crippen LogP contribution in [0.2, 0.25) is 0 Å². The molecule has 0 aliphatic carbocycles. The van der Waals surface area contributed by atoms with Crippen LogP contribution in [0.3, 0.4) is 0 Å². The molecule has 2 N–H and O–H groups in total. The van der Waals surface area contributed by atoms with E-state index in [1.807, 2.05) is 14.0 Å². The largest absolute Gasteiger partial charge is 0.481 e. The summed E-state index contributed by atoms with van der Waals surface area (Å²) in [7, 11) is 1.83. The smallest absolute Gasteiger partial charge is 0.306 e. The van der Waals surface area contributed by atoms with E-state index in [-0.39, 0.29) is 5.92 Å². The Hall–Kier alpha value is -1.57. The average molecular weight is 397 g/mol. The number of hydrogen-bond acceptors (Lipinski definition) is 2. The van der Waals surface area contributed by atoms with Crippen LogP contribution in [0, 0.1) is 5.92 Å². The standard InChI is InChI=1S/C7H15NO2.Es/c1-3-6(7(9)10)4-5-8-2;/h6,8H,3-5H2,1-2H3,(H,9,10);. The monoisotopic (exact) mass is 397 g/mol. The number of aliphatic carboxylic acids is 1. The van der Waals surface area contributed by atoms with E-state index in [0.717, 1.165) is 19.4 Å². The fourth-order valence-corrected chi connectivity index (χ4v) is 0.821. The fourth-order valence-electron chi connectivity index (χ4n) is 0.821. The van der Waals surface area contributed by atoms with Crippen LogP contribution in [0.15, 0.2) is 0 Å². The van der Waals surface area contributed by atoms with Gasteiger partial charge in [0.25, 0.3) is 0 Å². The van der Waals surface area contributed by atoms with Gasteiger partial charge in [0, 0.05) is 0 Å². The molecule has 1 atom stereocenters. The second kappa shape index (κ2) is 6.55. The van der Waals surface area contributed by atoms with Gasteiger partial charge in [0.2, 0.25) is 0 Å². The van der Waals surface area contributed by atoms with E-state index in [9.17, 15) is 4.79 Å². The van der Waals surface area contributed by atoms with Crippen LogP contribution in [-0.4, -0.2) is 24.7 Å². The van der Waals surface area contributed by atoms with Gasteiger partial charge in [0.15, 0.2) is 0 Å². The molecule has 71 valence electrons. The number of rotatable bonds is 5. The van der Waals surface area contributed by atoms with Crippen molar-refractivity contribution < 1.29 is 9.90 Å². The van der Waals surface area contributed by atoms with Gasteiger partial charge in [-0.3, -0.25) is 4.79 Å².